The molecule has 3 aromatic carbocycles. The number of fused-ring (bicyclic) bond motifs is 9. The monoisotopic (exact) mass is 779 g/mol. The largest absolute Gasteiger partial charge is 0.483 e. The number of anilines is 2. The highest BCUT2D eigenvalue weighted by Crippen LogP contribution is 2.69. The molecule has 2 bridgehead atoms. The van der Waals surface area contributed by atoms with E-state index in [1.807, 2.05) is 0 Å². The fourth-order valence-electron chi connectivity index (χ4n) is 8.45. The van der Waals surface area contributed by atoms with Crippen LogP contribution >= 0.6 is 34.7 Å². The minimum absolute atomic E-state index is 0.0832. The summed E-state index contributed by atoms with van der Waals surface area (Å²) in [4.78, 5) is 57.6. The van der Waals surface area contributed by atoms with Crippen LogP contribution in [0.15, 0.2) is 76.6 Å². The van der Waals surface area contributed by atoms with E-state index in [4.69, 9.17) is 16.3 Å². The lowest BCUT2D eigenvalue weighted by Crippen LogP contribution is -2.42. The Kier molecular flexibility index (Phi) is 8.30. The number of hydrogen-bond donors (Lipinski definition) is 2. The number of thiazole rings is 1. The van der Waals surface area contributed by atoms with Gasteiger partial charge in [-0.05, 0) is 78.8 Å². The molecule has 3 fully saturated rings. The molecule has 8 rings (SSSR count). The van der Waals surface area contributed by atoms with Crippen LogP contribution in [-0.4, -0.2) is 34.6 Å². The SMILES string of the molecule is O=C(COc1ccc(Cl)cc1[C@@H]1c2sc(=O)[nH]c2S[C@@H]2[C@@H]3C[C@@H]([C@@H]4C(=O)N(c5cccc(C(F)(F)F)c5)C(=O)[C@@H]34)[C@H]12)Nc1cccc(C(F)(F)F)c1. The van der Waals surface area contributed by atoms with E-state index in [0.717, 1.165) is 52.6 Å². The summed E-state index contributed by atoms with van der Waals surface area (Å²) in [5.41, 5.74) is -1.66. The van der Waals surface area contributed by atoms with Crippen LogP contribution in [0.25, 0.3) is 0 Å². The van der Waals surface area contributed by atoms with Crippen molar-refractivity contribution < 1.29 is 45.5 Å². The van der Waals surface area contributed by atoms with Gasteiger partial charge in [0.1, 0.15) is 5.75 Å². The van der Waals surface area contributed by atoms with Crippen LogP contribution in [0.3, 0.4) is 0 Å². The lowest BCUT2D eigenvalue weighted by Gasteiger charge is -2.43. The van der Waals surface area contributed by atoms with Crippen LogP contribution < -0.4 is 19.8 Å². The van der Waals surface area contributed by atoms with Crippen LogP contribution in [0, 0.1) is 29.6 Å². The van der Waals surface area contributed by atoms with E-state index in [9.17, 15) is 45.5 Å². The number of thioether (sulfide) groups is 1. The molecule has 2 aliphatic heterocycles. The second kappa shape index (κ2) is 12.4. The third-order valence-corrected chi connectivity index (χ3v) is 13.1. The van der Waals surface area contributed by atoms with Crippen molar-refractivity contribution >= 4 is 63.8 Å². The van der Waals surface area contributed by atoms with Crippen molar-refractivity contribution in [1.29, 1.82) is 0 Å². The Balaban J connectivity index is 1.11. The van der Waals surface area contributed by atoms with Gasteiger partial charge in [-0.15, -0.1) is 11.8 Å². The Bertz CT molecular complexity index is 2210. The average molecular weight is 780 g/mol. The van der Waals surface area contributed by atoms with Crippen LogP contribution in [0.1, 0.15) is 33.9 Å². The van der Waals surface area contributed by atoms with Crippen molar-refractivity contribution in [3.8, 4) is 5.75 Å². The number of amides is 3. The molecule has 3 heterocycles. The van der Waals surface area contributed by atoms with Crippen molar-refractivity contribution in [3.63, 3.8) is 0 Å². The predicted octanol–water partition coefficient (Wildman–Crippen LogP) is 7.82. The molecule has 17 heteroatoms. The number of alkyl halides is 6. The van der Waals surface area contributed by atoms with E-state index in [1.54, 1.807) is 6.07 Å². The molecule has 0 spiro atoms. The van der Waals surface area contributed by atoms with Gasteiger partial charge in [-0.2, -0.15) is 26.3 Å². The molecular formula is C35H24ClF6N3O5S2. The third-order valence-electron chi connectivity index (χ3n) is 10.3. The summed E-state index contributed by atoms with van der Waals surface area (Å²) in [5.74, 6) is -4.89. The Morgan fingerprint density at radius 2 is 1.58 bits per heavy atom. The number of aromatic nitrogens is 1. The molecule has 1 aromatic heterocycles. The van der Waals surface area contributed by atoms with E-state index in [1.165, 1.54) is 36.0 Å². The number of hydrogen-bond acceptors (Lipinski definition) is 7. The summed E-state index contributed by atoms with van der Waals surface area (Å²) in [5, 5.41) is 3.01. The van der Waals surface area contributed by atoms with E-state index in [-0.39, 0.29) is 39.1 Å². The number of carbonyl (C=O) groups is 3. The van der Waals surface area contributed by atoms with Crippen LogP contribution in [0.2, 0.25) is 5.02 Å². The summed E-state index contributed by atoms with van der Waals surface area (Å²) in [7, 11) is 0. The quantitative estimate of drug-likeness (QED) is 0.153. The van der Waals surface area contributed by atoms with Gasteiger partial charge in [0.05, 0.1) is 33.7 Å². The van der Waals surface area contributed by atoms with Crippen molar-refractivity contribution in [2.24, 2.45) is 29.6 Å². The average Bonchev–Trinajstić information content (AvgIpc) is 3.82. The van der Waals surface area contributed by atoms with Crippen molar-refractivity contribution in [1.82, 2.24) is 4.98 Å². The molecule has 4 aromatic rings. The molecule has 1 saturated heterocycles. The zero-order chi connectivity index (χ0) is 36.9. The van der Waals surface area contributed by atoms with Crippen LogP contribution in [-0.2, 0) is 26.7 Å². The zero-order valence-electron chi connectivity index (χ0n) is 26.3. The topological polar surface area (TPSA) is 109 Å². The molecule has 0 unspecified atom stereocenters. The van der Waals surface area contributed by atoms with E-state index >= 15 is 0 Å². The first-order valence-electron chi connectivity index (χ1n) is 15.9. The molecule has 3 amide bonds. The van der Waals surface area contributed by atoms with Gasteiger partial charge in [0.2, 0.25) is 11.8 Å². The maximum atomic E-state index is 14.1. The lowest BCUT2D eigenvalue weighted by molar-refractivity contribution is -0.138. The second-order valence-electron chi connectivity index (χ2n) is 13.1. The standard InChI is InChI=1S/C35H24ClF6N3O5S2/c36-16-7-8-22(50-13-23(46)43-17-5-1-3-14(9-17)34(37,38)39)19(11-16)24-25-20-12-21(28(25)51-30-29(24)52-33(49)44-30)27-26(20)31(47)45(32(27)48)18-6-2-4-15(10-18)35(40,41)42/h1-11,20-21,24-28H,12-13H2,(H,43,46)(H,44,49)/t20-,21-,24+,25-,26+,27+,28-/m1/s1. The highest BCUT2D eigenvalue weighted by molar-refractivity contribution is 8.00. The Labute approximate surface area is 303 Å². The van der Waals surface area contributed by atoms with E-state index in [2.05, 4.69) is 10.3 Å². The van der Waals surface area contributed by atoms with Crippen LogP contribution in [0.4, 0.5) is 37.7 Å². The first-order valence-corrected chi connectivity index (χ1v) is 18.0. The summed E-state index contributed by atoms with van der Waals surface area (Å²) < 4.78 is 86.3. The van der Waals surface area contributed by atoms with Gasteiger partial charge < -0.3 is 15.0 Å². The van der Waals surface area contributed by atoms with Crippen LogP contribution in [0.5, 0.6) is 5.75 Å². The fraction of sp³-hybridized carbons (Fsp3) is 0.314. The number of aromatic amines is 1. The fourth-order valence-corrected chi connectivity index (χ4v) is 11.5. The predicted molar refractivity (Wildman–Crippen MR) is 179 cm³/mol. The summed E-state index contributed by atoms with van der Waals surface area (Å²) in [6, 6.07) is 13.0. The van der Waals surface area contributed by atoms with E-state index < -0.39 is 71.5 Å². The number of nitrogens with zero attached hydrogens (tertiary/aromatic N) is 1. The number of rotatable bonds is 6. The summed E-state index contributed by atoms with van der Waals surface area (Å²) in [6.07, 6.45) is -8.79. The van der Waals surface area contributed by atoms with Crippen molar-refractivity contribution in [2.75, 3.05) is 16.8 Å². The molecule has 0 radical (unpaired) electrons. The molecule has 7 atom stereocenters. The van der Waals surface area contributed by atoms with Gasteiger partial charge in [0, 0.05) is 32.3 Å². The Morgan fingerprint density at radius 1 is 0.904 bits per heavy atom. The molecule has 8 nitrogen and oxygen atoms in total. The smallest absolute Gasteiger partial charge is 0.416 e. The van der Waals surface area contributed by atoms with Gasteiger partial charge in [0.25, 0.3) is 5.91 Å². The van der Waals surface area contributed by atoms with Crippen molar-refractivity contribution in [2.45, 2.75) is 35.0 Å². The molecule has 4 aliphatic rings. The number of ether oxygens (including phenoxy) is 1. The summed E-state index contributed by atoms with van der Waals surface area (Å²) >= 11 is 8.87. The highest BCUT2D eigenvalue weighted by Gasteiger charge is 2.70. The Morgan fingerprint density at radius 3 is 2.29 bits per heavy atom. The van der Waals surface area contributed by atoms with Crippen molar-refractivity contribution in [3.05, 3.63) is 103 Å². The number of halogens is 7. The molecule has 2 aliphatic carbocycles. The van der Waals surface area contributed by atoms with E-state index in [0.29, 0.717) is 26.9 Å². The van der Waals surface area contributed by atoms with Gasteiger partial charge in [-0.1, -0.05) is 35.1 Å². The second-order valence-corrected chi connectivity index (χ2v) is 15.8. The van der Waals surface area contributed by atoms with Gasteiger partial charge in [-0.3, -0.25) is 24.1 Å². The van der Waals surface area contributed by atoms with Gasteiger partial charge in [-0.25, -0.2) is 0 Å². The number of carbonyl (C=O) groups excluding carboxylic acids is 3. The Hall–Kier alpha value is -4.28. The lowest BCUT2D eigenvalue weighted by atomic mass is 9.68. The first-order chi connectivity index (χ1) is 24.6. The first kappa shape index (κ1) is 34.8. The number of nitrogens with one attached hydrogen (secondary N) is 2. The number of imide groups is 1. The number of benzene rings is 3. The maximum Gasteiger partial charge on any atom is 0.416 e. The molecule has 270 valence electrons. The highest BCUT2D eigenvalue weighted by atomic mass is 35.5. The molecular weight excluding hydrogens is 756 g/mol. The minimum atomic E-state index is -4.68. The minimum Gasteiger partial charge on any atom is -0.483 e. The zero-order valence-corrected chi connectivity index (χ0v) is 28.6. The summed E-state index contributed by atoms with van der Waals surface area (Å²) in [6.45, 7) is -0.591. The molecule has 52 heavy (non-hydrogen) atoms. The van der Waals surface area contributed by atoms with Gasteiger partial charge >= 0.3 is 17.2 Å². The third kappa shape index (κ3) is 5.78. The molecule has 2 N–H and O–H groups in total. The molecule has 2 saturated carbocycles. The normalized spacial score (nSPS) is 26.3. The maximum absolute atomic E-state index is 14.1. The van der Waals surface area contributed by atoms with Gasteiger partial charge in [0.15, 0.2) is 6.61 Å². The number of H-pyrrole nitrogens is 1.